The molecule has 1 fully saturated rings. The number of aromatic nitrogens is 1. The summed E-state index contributed by atoms with van der Waals surface area (Å²) < 4.78 is 0. The van der Waals surface area contributed by atoms with Crippen molar-refractivity contribution in [2.75, 3.05) is 0 Å². The number of hydrogen-bond donors (Lipinski definition) is 1. The highest BCUT2D eigenvalue weighted by atomic mass is 16.2. The predicted molar refractivity (Wildman–Crippen MR) is 95.6 cm³/mol. The molecular formula is C20H21N3O2. The Bertz CT molecular complexity index is 746. The fraction of sp³-hybridized carbons (Fsp3) is 0.250. The van der Waals surface area contributed by atoms with Gasteiger partial charge in [0.1, 0.15) is 0 Å². The Morgan fingerprint density at radius 1 is 1.16 bits per heavy atom. The first-order valence-corrected chi connectivity index (χ1v) is 8.35. The van der Waals surface area contributed by atoms with Gasteiger partial charge in [-0.3, -0.25) is 14.7 Å². The van der Waals surface area contributed by atoms with Gasteiger partial charge in [0.05, 0.1) is 12.0 Å². The molecule has 0 bridgehead atoms. The van der Waals surface area contributed by atoms with E-state index in [1.807, 2.05) is 42.5 Å². The van der Waals surface area contributed by atoms with Gasteiger partial charge >= 0.3 is 6.03 Å². The lowest BCUT2D eigenvalue weighted by molar-refractivity contribution is -0.149. The number of carbonyl (C=O) groups is 2. The second-order valence-electron chi connectivity index (χ2n) is 6.11. The van der Waals surface area contributed by atoms with Crippen molar-refractivity contribution in [2.45, 2.75) is 25.4 Å². The van der Waals surface area contributed by atoms with E-state index in [2.05, 4.69) is 16.9 Å². The minimum absolute atomic E-state index is 0.131. The van der Waals surface area contributed by atoms with Crippen LogP contribution in [0.2, 0.25) is 0 Å². The van der Waals surface area contributed by atoms with E-state index >= 15 is 0 Å². The molecule has 1 aliphatic rings. The molecule has 5 heteroatoms. The average molecular weight is 335 g/mol. The number of β-lactam (4-membered cyclic amide) rings is 1. The molecule has 0 unspecified atom stereocenters. The first-order chi connectivity index (χ1) is 12.2. The third-order valence-corrected chi connectivity index (χ3v) is 4.47. The summed E-state index contributed by atoms with van der Waals surface area (Å²) in [6.45, 7) is 4.10. The summed E-state index contributed by atoms with van der Waals surface area (Å²) in [5.74, 6) is -0.308. The van der Waals surface area contributed by atoms with Crippen LogP contribution in [-0.4, -0.2) is 27.9 Å². The maximum absolute atomic E-state index is 12.5. The van der Waals surface area contributed by atoms with E-state index in [4.69, 9.17) is 0 Å². The maximum Gasteiger partial charge on any atom is 0.324 e. The number of imide groups is 1. The maximum atomic E-state index is 12.5. The third-order valence-electron chi connectivity index (χ3n) is 4.47. The van der Waals surface area contributed by atoms with Gasteiger partial charge in [-0.25, -0.2) is 4.79 Å². The number of likely N-dealkylation sites (tertiary alicyclic amines) is 1. The lowest BCUT2D eigenvalue weighted by Crippen LogP contribution is -2.65. The molecule has 1 aromatic carbocycles. The second kappa shape index (κ2) is 7.75. The van der Waals surface area contributed by atoms with Gasteiger partial charge in [-0.2, -0.15) is 0 Å². The summed E-state index contributed by atoms with van der Waals surface area (Å²) in [7, 11) is 0. The van der Waals surface area contributed by atoms with Gasteiger partial charge in [0.15, 0.2) is 0 Å². The van der Waals surface area contributed by atoms with Crippen molar-refractivity contribution in [3.63, 3.8) is 0 Å². The Labute approximate surface area is 147 Å². The molecular weight excluding hydrogens is 314 g/mol. The zero-order valence-corrected chi connectivity index (χ0v) is 14.0. The van der Waals surface area contributed by atoms with E-state index in [1.54, 1.807) is 18.5 Å². The zero-order chi connectivity index (χ0) is 17.6. The molecule has 3 amide bonds. The van der Waals surface area contributed by atoms with Crippen LogP contribution in [0.4, 0.5) is 4.79 Å². The Balaban J connectivity index is 1.68. The lowest BCUT2D eigenvalue weighted by Gasteiger charge is -2.45. The van der Waals surface area contributed by atoms with Gasteiger partial charge in [0.25, 0.3) is 0 Å². The van der Waals surface area contributed by atoms with Crippen LogP contribution in [0.25, 0.3) is 0 Å². The highest BCUT2D eigenvalue weighted by Gasteiger charge is 2.49. The van der Waals surface area contributed by atoms with Crippen LogP contribution in [0.15, 0.2) is 67.5 Å². The molecule has 1 saturated heterocycles. The van der Waals surface area contributed by atoms with Crippen LogP contribution >= 0.6 is 0 Å². The van der Waals surface area contributed by atoms with Gasteiger partial charge in [0.2, 0.25) is 5.91 Å². The molecule has 0 aliphatic carbocycles. The van der Waals surface area contributed by atoms with Crippen molar-refractivity contribution in [1.82, 2.24) is 15.2 Å². The molecule has 5 nitrogen and oxygen atoms in total. The number of nitrogens with zero attached hydrogens (tertiary/aromatic N) is 2. The van der Waals surface area contributed by atoms with E-state index in [9.17, 15) is 9.59 Å². The molecule has 2 atom stereocenters. The largest absolute Gasteiger partial charge is 0.334 e. The van der Waals surface area contributed by atoms with Crippen LogP contribution in [0.3, 0.4) is 0 Å². The Morgan fingerprint density at radius 3 is 2.56 bits per heavy atom. The van der Waals surface area contributed by atoms with Crippen molar-refractivity contribution in [3.8, 4) is 0 Å². The normalized spacial score (nSPS) is 19.2. The third kappa shape index (κ3) is 3.76. The van der Waals surface area contributed by atoms with Gasteiger partial charge in [-0.15, -0.1) is 6.58 Å². The number of allylic oxidation sites excluding steroid dienone is 1. The van der Waals surface area contributed by atoms with Crippen molar-refractivity contribution in [1.29, 1.82) is 0 Å². The SMILES string of the molecule is C=CC[C@H]1C(=O)N(C(=O)NCc2ccncc2)[C@@H]1Cc1ccccc1. The average Bonchev–Trinajstić information content (AvgIpc) is 2.66. The van der Waals surface area contributed by atoms with Crippen LogP contribution < -0.4 is 5.32 Å². The van der Waals surface area contributed by atoms with Gasteiger partial charge in [-0.05, 0) is 36.1 Å². The Morgan fingerprint density at radius 2 is 1.88 bits per heavy atom. The Hall–Kier alpha value is -2.95. The zero-order valence-electron chi connectivity index (χ0n) is 14.0. The summed E-state index contributed by atoms with van der Waals surface area (Å²) in [5.41, 5.74) is 2.06. The molecule has 1 aliphatic heterocycles. The minimum Gasteiger partial charge on any atom is -0.334 e. The monoisotopic (exact) mass is 335 g/mol. The lowest BCUT2D eigenvalue weighted by atomic mass is 9.81. The quantitative estimate of drug-likeness (QED) is 0.652. The van der Waals surface area contributed by atoms with E-state index < -0.39 is 0 Å². The van der Waals surface area contributed by atoms with Crippen molar-refractivity contribution in [3.05, 3.63) is 78.6 Å². The van der Waals surface area contributed by atoms with Crippen LogP contribution in [0.5, 0.6) is 0 Å². The number of rotatable bonds is 6. The number of pyridine rings is 1. The molecule has 25 heavy (non-hydrogen) atoms. The number of urea groups is 1. The van der Waals surface area contributed by atoms with Gasteiger partial charge in [-0.1, -0.05) is 36.4 Å². The smallest absolute Gasteiger partial charge is 0.324 e. The van der Waals surface area contributed by atoms with Crippen molar-refractivity contribution < 1.29 is 9.59 Å². The molecule has 0 spiro atoms. The molecule has 0 radical (unpaired) electrons. The minimum atomic E-state index is -0.344. The predicted octanol–water partition coefficient (Wildman–Crippen LogP) is 2.94. The number of hydrogen-bond acceptors (Lipinski definition) is 3. The summed E-state index contributed by atoms with van der Waals surface area (Å²) in [6, 6.07) is 13.1. The van der Waals surface area contributed by atoms with E-state index in [-0.39, 0.29) is 23.9 Å². The fourth-order valence-electron chi connectivity index (χ4n) is 3.15. The molecule has 2 aromatic rings. The first kappa shape index (κ1) is 16.9. The fourth-order valence-corrected chi connectivity index (χ4v) is 3.15. The summed E-state index contributed by atoms with van der Waals surface area (Å²) in [4.78, 5) is 30.2. The number of amides is 3. The summed E-state index contributed by atoms with van der Waals surface area (Å²) in [6.07, 6.45) is 6.34. The molecule has 0 saturated carbocycles. The Kier molecular flexibility index (Phi) is 5.23. The number of nitrogens with one attached hydrogen (secondary N) is 1. The van der Waals surface area contributed by atoms with Crippen molar-refractivity contribution in [2.24, 2.45) is 5.92 Å². The van der Waals surface area contributed by atoms with Crippen LogP contribution in [0, 0.1) is 5.92 Å². The number of benzene rings is 1. The van der Waals surface area contributed by atoms with E-state index in [0.29, 0.717) is 19.4 Å². The summed E-state index contributed by atoms with van der Waals surface area (Å²) in [5, 5.41) is 2.82. The molecule has 1 aromatic heterocycles. The number of carbonyl (C=O) groups excluding carboxylic acids is 2. The first-order valence-electron chi connectivity index (χ1n) is 8.35. The standard InChI is InChI=1S/C20H21N3O2/c1-2-6-17-18(13-15-7-4-3-5-8-15)23(19(17)24)20(25)22-14-16-9-11-21-12-10-16/h2-5,7-12,17-18H,1,6,13-14H2,(H,22,25)/t17-,18-/m1/s1. The van der Waals surface area contributed by atoms with Crippen LogP contribution in [0.1, 0.15) is 17.5 Å². The van der Waals surface area contributed by atoms with E-state index in [0.717, 1.165) is 11.1 Å². The molecule has 128 valence electrons. The van der Waals surface area contributed by atoms with Gasteiger partial charge < -0.3 is 5.32 Å². The highest BCUT2D eigenvalue weighted by Crippen LogP contribution is 2.32. The molecule has 2 heterocycles. The highest BCUT2D eigenvalue weighted by molar-refractivity contribution is 6.01. The molecule has 1 N–H and O–H groups in total. The topological polar surface area (TPSA) is 62.3 Å². The second-order valence-corrected chi connectivity index (χ2v) is 6.11. The summed E-state index contributed by atoms with van der Waals surface area (Å²) >= 11 is 0. The van der Waals surface area contributed by atoms with Crippen molar-refractivity contribution >= 4 is 11.9 Å². The van der Waals surface area contributed by atoms with Crippen LogP contribution in [-0.2, 0) is 17.8 Å². The van der Waals surface area contributed by atoms with E-state index in [1.165, 1.54) is 4.90 Å². The molecule has 3 rings (SSSR count). The van der Waals surface area contributed by atoms with Gasteiger partial charge in [0, 0.05) is 18.9 Å².